The molecule has 0 unspecified atom stereocenters. The molecule has 0 saturated carbocycles. The van der Waals surface area contributed by atoms with Crippen molar-refractivity contribution >= 4 is 34.8 Å². The number of aromatic nitrogens is 2. The van der Waals surface area contributed by atoms with Crippen molar-refractivity contribution in [3.8, 4) is 0 Å². The summed E-state index contributed by atoms with van der Waals surface area (Å²) in [6, 6.07) is 4.87. The van der Waals surface area contributed by atoms with Crippen LogP contribution in [0.5, 0.6) is 0 Å². The quantitative estimate of drug-likeness (QED) is 0.689. The average Bonchev–Trinajstić information content (AvgIpc) is 2.93. The SMILES string of the molecule is CC(=O)Nc1cc(Cl)ccc1NC(=O)c1n[nH]c2c1CNCC2. The average molecular weight is 334 g/mol. The van der Waals surface area contributed by atoms with E-state index >= 15 is 0 Å². The number of carbonyl (C=O) groups excluding carboxylic acids is 2. The summed E-state index contributed by atoms with van der Waals surface area (Å²) in [5, 5.41) is 16.1. The minimum atomic E-state index is -0.333. The Morgan fingerprint density at radius 1 is 1.26 bits per heavy atom. The molecule has 1 aromatic heterocycles. The second kappa shape index (κ2) is 6.39. The largest absolute Gasteiger partial charge is 0.324 e. The Morgan fingerprint density at radius 2 is 2.09 bits per heavy atom. The molecule has 0 saturated heterocycles. The Labute approximate surface area is 137 Å². The normalized spacial score (nSPS) is 13.3. The third-order valence-electron chi connectivity index (χ3n) is 3.56. The fraction of sp³-hybridized carbons (Fsp3) is 0.267. The summed E-state index contributed by atoms with van der Waals surface area (Å²) in [6.45, 7) is 2.86. The minimum absolute atomic E-state index is 0.246. The van der Waals surface area contributed by atoms with E-state index in [0.717, 1.165) is 24.2 Å². The van der Waals surface area contributed by atoms with Gasteiger partial charge in [0.25, 0.3) is 5.91 Å². The maximum absolute atomic E-state index is 12.5. The molecule has 8 heteroatoms. The molecule has 2 amide bonds. The molecule has 4 N–H and O–H groups in total. The van der Waals surface area contributed by atoms with Gasteiger partial charge in [0.1, 0.15) is 0 Å². The van der Waals surface area contributed by atoms with E-state index in [-0.39, 0.29) is 11.8 Å². The van der Waals surface area contributed by atoms with Crippen molar-refractivity contribution in [1.29, 1.82) is 0 Å². The molecule has 0 radical (unpaired) electrons. The fourth-order valence-electron chi connectivity index (χ4n) is 2.51. The second-order valence-electron chi connectivity index (χ2n) is 5.28. The first-order valence-corrected chi connectivity index (χ1v) is 7.57. The highest BCUT2D eigenvalue weighted by atomic mass is 35.5. The summed E-state index contributed by atoms with van der Waals surface area (Å²) in [5.41, 5.74) is 3.13. The Hall–Kier alpha value is -2.38. The summed E-state index contributed by atoms with van der Waals surface area (Å²) < 4.78 is 0. The lowest BCUT2D eigenvalue weighted by Gasteiger charge is -2.14. The van der Waals surface area contributed by atoms with Gasteiger partial charge in [-0.1, -0.05) is 11.6 Å². The second-order valence-corrected chi connectivity index (χ2v) is 5.72. The Balaban J connectivity index is 1.85. The van der Waals surface area contributed by atoms with Crippen molar-refractivity contribution in [2.75, 3.05) is 17.2 Å². The first kappa shape index (κ1) is 15.5. The van der Waals surface area contributed by atoms with E-state index in [2.05, 4.69) is 26.1 Å². The summed E-state index contributed by atoms with van der Waals surface area (Å²) in [6.07, 6.45) is 0.813. The van der Waals surface area contributed by atoms with E-state index in [1.165, 1.54) is 6.92 Å². The number of hydrogen-bond acceptors (Lipinski definition) is 4. The van der Waals surface area contributed by atoms with Crippen LogP contribution in [0.25, 0.3) is 0 Å². The number of nitrogens with zero attached hydrogens (tertiary/aromatic N) is 1. The van der Waals surface area contributed by atoms with Crippen molar-refractivity contribution in [3.05, 3.63) is 40.2 Å². The van der Waals surface area contributed by atoms with Crippen LogP contribution in [0.1, 0.15) is 28.7 Å². The van der Waals surface area contributed by atoms with Crippen LogP contribution in [0.2, 0.25) is 5.02 Å². The van der Waals surface area contributed by atoms with Crippen molar-refractivity contribution in [1.82, 2.24) is 15.5 Å². The van der Waals surface area contributed by atoms with Crippen LogP contribution in [0.4, 0.5) is 11.4 Å². The lowest BCUT2D eigenvalue weighted by molar-refractivity contribution is -0.114. The van der Waals surface area contributed by atoms with Gasteiger partial charge >= 0.3 is 0 Å². The van der Waals surface area contributed by atoms with Crippen LogP contribution in [-0.2, 0) is 17.8 Å². The molecule has 1 aliphatic heterocycles. The zero-order valence-electron chi connectivity index (χ0n) is 12.5. The number of amides is 2. The molecule has 23 heavy (non-hydrogen) atoms. The van der Waals surface area contributed by atoms with E-state index in [1.54, 1.807) is 18.2 Å². The minimum Gasteiger partial charge on any atom is -0.324 e. The van der Waals surface area contributed by atoms with Crippen LogP contribution in [0.15, 0.2) is 18.2 Å². The van der Waals surface area contributed by atoms with Gasteiger partial charge in [-0.05, 0) is 18.2 Å². The molecular formula is C15H16ClN5O2. The third kappa shape index (κ3) is 3.35. The van der Waals surface area contributed by atoms with Crippen LogP contribution < -0.4 is 16.0 Å². The molecular weight excluding hydrogens is 318 g/mol. The Morgan fingerprint density at radius 3 is 2.87 bits per heavy atom. The topological polar surface area (TPSA) is 98.9 Å². The zero-order valence-corrected chi connectivity index (χ0v) is 13.3. The van der Waals surface area contributed by atoms with Crippen molar-refractivity contribution in [2.45, 2.75) is 19.9 Å². The van der Waals surface area contributed by atoms with Crippen LogP contribution in [-0.4, -0.2) is 28.6 Å². The lowest BCUT2D eigenvalue weighted by atomic mass is 10.1. The summed E-state index contributed by atoms with van der Waals surface area (Å²) in [7, 11) is 0. The molecule has 7 nitrogen and oxygen atoms in total. The number of anilines is 2. The van der Waals surface area contributed by atoms with Gasteiger partial charge in [-0.3, -0.25) is 14.7 Å². The Kier molecular flexibility index (Phi) is 4.31. The van der Waals surface area contributed by atoms with Gasteiger partial charge in [0.05, 0.1) is 11.4 Å². The molecule has 0 atom stereocenters. The number of fused-ring (bicyclic) bond motifs is 1. The first-order valence-electron chi connectivity index (χ1n) is 7.20. The zero-order chi connectivity index (χ0) is 16.4. The molecule has 0 aliphatic carbocycles. The molecule has 1 aliphatic rings. The maximum atomic E-state index is 12.5. The van der Waals surface area contributed by atoms with E-state index in [4.69, 9.17) is 11.6 Å². The van der Waals surface area contributed by atoms with Gasteiger partial charge in [0.2, 0.25) is 5.91 Å². The number of rotatable bonds is 3. The van der Waals surface area contributed by atoms with Gasteiger partial charge in [-0.25, -0.2) is 0 Å². The third-order valence-corrected chi connectivity index (χ3v) is 3.80. The summed E-state index contributed by atoms with van der Waals surface area (Å²) in [5.74, 6) is -0.579. The molecule has 2 aromatic rings. The highest BCUT2D eigenvalue weighted by molar-refractivity contribution is 6.31. The summed E-state index contributed by atoms with van der Waals surface area (Å²) in [4.78, 5) is 23.8. The predicted molar refractivity (Wildman–Crippen MR) is 87.7 cm³/mol. The standard InChI is InChI=1S/C15H16ClN5O2/c1-8(22)18-13-6-9(16)2-3-12(13)19-15(23)14-10-7-17-5-4-11(10)20-21-14/h2-3,6,17H,4-5,7H2,1H3,(H,18,22)(H,19,23)(H,20,21). The van der Waals surface area contributed by atoms with E-state index < -0.39 is 0 Å². The summed E-state index contributed by atoms with van der Waals surface area (Å²) >= 11 is 5.94. The monoisotopic (exact) mass is 333 g/mol. The van der Waals surface area contributed by atoms with E-state index in [9.17, 15) is 9.59 Å². The lowest BCUT2D eigenvalue weighted by Crippen LogP contribution is -2.25. The first-order chi connectivity index (χ1) is 11.0. The highest BCUT2D eigenvalue weighted by Gasteiger charge is 2.22. The Bertz CT molecular complexity index is 771. The van der Waals surface area contributed by atoms with E-state index in [1.807, 2.05) is 0 Å². The molecule has 0 spiro atoms. The molecule has 2 heterocycles. The fourth-order valence-corrected chi connectivity index (χ4v) is 2.69. The number of halogens is 1. The molecule has 1 aromatic carbocycles. The molecule has 120 valence electrons. The number of aromatic amines is 1. The van der Waals surface area contributed by atoms with E-state index in [0.29, 0.717) is 28.6 Å². The van der Waals surface area contributed by atoms with Gasteiger partial charge in [0, 0.05) is 42.7 Å². The molecule has 3 rings (SSSR count). The molecule has 0 bridgehead atoms. The highest BCUT2D eigenvalue weighted by Crippen LogP contribution is 2.27. The maximum Gasteiger partial charge on any atom is 0.276 e. The smallest absolute Gasteiger partial charge is 0.276 e. The number of hydrogen-bond donors (Lipinski definition) is 4. The van der Waals surface area contributed by atoms with Gasteiger partial charge in [0.15, 0.2) is 5.69 Å². The number of nitrogens with one attached hydrogen (secondary N) is 4. The number of carbonyl (C=O) groups is 2. The van der Waals surface area contributed by atoms with Crippen LogP contribution in [0, 0.1) is 0 Å². The van der Waals surface area contributed by atoms with Gasteiger partial charge < -0.3 is 16.0 Å². The van der Waals surface area contributed by atoms with Crippen LogP contribution in [0.3, 0.4) is 0 Å². The van der Waals surface area contributed by atoms with Crippen molar-refractivity contribution in [2.24, 2.45) is 0 Å². The number of H-pyrrole nitrogens is 1. The van der Waals surface area contributed by atoms with Crippen molar-refractivity contribution < 1.29 is 9.59 Å². The van der Waals surface area contributed by atoms with Crippen molar-refractivity contribution in [3.63, 3.8) is 0 Å². The predicted octanol–water partition coefficient (Wildman–Crippen LogP) is 1.92. The van der Waals surface area contributed by atoms with Gasteiger partial charge in [-0.15, -0.1) is 0 Å². The number of benzene rings is 1. The molecule has 0 fully saturated rings. The van der Waals surface area contributed by atoms with Gasteiger partial charge in [-0.2, -0.15) is 5.10 Å². The van der Waals surface area contributed by atoms with Crippen LogP contribution >= 0.6 is 11.6 Å².